The molecule has 5 heteroatoms. The molecular weight excluding hydrogens is 333 g/mol. The molecule has 2 aromatic rings. The van der Waals surface area contributed by atoms with Gasteiger partial charge < -0.3 is 9.67 Å². The molecule has 0 amide bonds. The predicted octanol–water partition coefficient (Wildman–Crippen LogP) is 4.71. The Labute approximate surface area is 153 Å². The zero-order valence-corrected chi connectivity index (χ0v) is 15.6. The lowest BCUT2D eigenvalue weighted by Crippen LogP contribution is -2.18. The number of carboxylic acids is 1. The molecule has 0 saturated heterocycles. The van der Waals surface area contributed by atoms with E-state index in [2.05, 4.69) is 0 Å². The topological polar surface area (TPSA) is 59.3 Å². The summed E-state index contributed by atoms with van der Waals surface area (Å²) >= 11 is 0. The summed E-state index contributed by atoms with van der Waals surface area (Å²) in [5.74, 6) is -1.55. The molecule has 1 aromatic carbocycles. The summed E-state index contributed by atoms with van der Waals surface area (Å²) in [6.07, 6.45) is 4.05. The largest absolute Gasteiger partial charge is 0.481 e. The lowest BCUT2D eigenvalue weighted by Gasteiger charge is -2.06. The molecule has 1 saturated carbocycles. The molecule has 0 radical (unpaired) electrons. The molecule has 1 aliphatic rings. The lowest BCUT2D eigenvalue weighted by atomic mass is 9.98. The van der Waals surface area contributed by atoms with Crippen molar-refractivity contribution in [1.82, 2.24) is 4.57 Å². The van der Waals surface area contributed by atoms with Crippen molar-refractivity contribution < 1.29 is 19.1 Å². The molecule has 1 aromatic heterocycles. The van der Waals surface area contributed by atoms with Crippen molar-refractivity contribution in [3.8, 4) is 0 Å². The summed E-state index contributed by atoms with van der Waals surface area (Å²) in [4.78, 5) is 24.9. The van der Waals surface area contributed by atoms with Gasteiger partial charge in [-0.1, -0.05) is 32.0 Å². The molecule has 140 valence electrons. The normalized spacial score (nSPS) is 23.9. The molecular formula is C21H26FNO3. The van der Waals surface area contributed by atoms with Gasteiger partial charge in [0.1, 0.15) is 0 Å². The SMILES string of the molecule is CC1(C)C(C(=O)c2cn(CCCCCF)c3ccccc23)C1(C)C(=O)O. The monoisotopic (exact) mass is 359 g/mol. The second-order valence-corrected chi connectivity index (χ2v) is 8.03. The van der Waals surface area contributed by atoms with Gasteiger partial charge in [0.15, 0.2) is 5.78 Å². The van der Waals surface area contributed by atoms with Crippen LogP contribution in [0.1, 0.15) is 50.4 Å². The van der Waals surface area contributed by atoms with E-state index in [0.29, 0.717) is 12.0 Å². The van der Waals surface area contributed by atoms with Crippen LogP contribution >= 0.6 is 0 Å². The molecule has 1 N–H and O–H groups in total. The fourth-order valence-corrected chi connectivity index (χ4v) is 4.31. The maximum Gasteiger partial charge on any atom is 0.310 e. The van der Waals surface area contributed by atoms with Gasteiger partial charge in [-0.05, 0) is 37.7 Å². The van der Waals surface area contributed by atoms with Crippen molar-refractivity contribution in [3.63, 3.8) is 0 Å². The van der Waals surface area contributed by atoms with Crippen LogP contribution in [-0.2, 0) is 11.3 Å². The second-order valence-electron chi connectivity index (χ2n) is 8.03. The smallest absolute Gasteiger partial charge is 0.310 e. The maximum atomic E-state index is 13.2. The number of rotatable bonds is 8. The number of carboxylic acid groups (broad SMARTS) is 1. The van der Waals surface area contributed by atoms with Crippen molar-refractivity contribution >= 4 is 22.7 Å². The summed E-state index contributed by atoms with van der Waals surface area (Å²) in [5, 5.41) is 10.5. The summed E-state index contributed by atoms with van der Waals surface area (Å²) < 4.78 is 14.3. The van der Waals surface area contributed by atoms with Gasteiger partial charge in [-0.25, -0.2) is 0 Å². The highest BCUT2D eigenvalue weighted by Crippen LogP contribution is 2.69. The zero-order valence-electron chi connectivity index (χ0n) is 15.6. The van der Waals surface area contributed by atoms with E-state index in [4.69, 9.17) is 0 Å². The Balaban J connectivity index is 1.93. The number of halogens is 1. The van der Waals surface area contributed by atoms with Crippen LogP contribution in [0.2, 0.25) is 0 Å². The van der Waals surface area contributed by atoms with Crippen LogP contribution in [0.5, 0.6) is 0 Å². The summed E-state index contributed by atoms with van der Waals surface area (Å²) in [6.45, 7) is 5.77. The van der Waals surface area contributed by atoms with Crippen molar-refractivity contribution in [2.75, 3.05) is 6.67 Å². The molecule has 2 unspecified atom stereocenters. The molecule has 1 heterocycles. The summed E-state index contributed by atoms with van der Waals surface area (Å²) in [5.41, 5.74) is -0.0463. The Bertz CT molecular complexity index is 854. The average molecular weight is 359 g/mol. The van der Waals surface area contributed by atoms with E-state index < -0.39 is 22.7 Å². The number of aryl methyl sites for hydroxylation is 1. The number of para-hydroxylation sites is 1. The third kappa shape index (κ3) is 2.65. The number of benzene rings is 1. The van der Waals surface area contributed by atoms with Crippen LogP contribution in [-0.4, -0.2) is 28.1 Å². The number of alkyl halides is 1. The number of unbranched alkanes of at least 4 members (excludes halogenated alkanes) is 2. The molecule has 2 atom stereocenters. The number of hydrogen-bond donors (Lipinski definition) is 1. The molecule has 4 nitrogen and oxygen atoms in total. The number of fused-ring (bicyclic) bond motifs is 1. The maximum absolute atomic E-state index is 13.2. The zero-order chi connectivity index (χ0) is 19.1. The molecule has 0 bridgehead atoms. The summed E-state index contributed by atoms with van der Waals surface area (Å²) in [6, 6.07) is 7.70. The van der Waals surface area contributed by atoms with Crippen LogP contribution in [0.3, 0.4) is 0 Å². The number of ketones is 1. The number of hydrogen-bond acceptors (Lipinski definition) is 2. The highest BCUT2D eigenvalue weighted by Gasteiger charge is 2.75. The first-order valence-electron chi connectivity index (χ1n) is 9.18. The first kappa shape index (κ1) is 18.6. The Morgan fingerprint density at radius 3 is 2.46 bits per heavy atom. The highest BCUT2D eigenvalue weighted by atomic mass is 19.1. The number of aromatic nitrogens is 1. The van der Waals surface area contributed by atoms with E-state index in [-0.39, 0.29) is 12.5 Å². The van der Waals surface area contributed by atoms with E-state index in [1.807, 2.05) is 48.9 Å². The summed E-state index contributed by atoms with van der Waals surface area (Å²) in [7, 11) is 0. The minimum atomic E-state index is -1.03. The number of carbonyl (C=O) groups excluding carboxylic acids is 1. The molecule has 26 heavy (non-hydrogen) atoms. The third-order valence-corrected chi connectivity index (χ3v) is 6.35. The molecule has 1 aliphatic carbocycles. The van der Waals surface area contributed by atoms with Crippen molar-refractivity contribution in [2.45, 2.75) is 46.6 Å². The van der Waals surface area contributed by atoms with Gasteiger partial charge in [-0.3, -0.25) is 14.0 Å². The van der Waals surface area contributed by atoms with E-state index in [1.54, 1.807) is 6.92 Å². The van der Waals surface area contributed by atoms with E-state index in [1.165, 1.54) is 0 Å². The van der Waals surface area contributed by atoms with Crippen LogP contribution in [0.4, 0.5) is 4.39 Å². The quantitative estimate of drug-likeness (QED) is 0.548. The Hall–Kier alpha value is -2.17. The van der Waals surface area contributed by atoms with Crippen LogP contribution in [0.15, 0.2) is 30.5 Å². The van der Waals surface area contributed by atoms with Gasteiger partial charge >= 0.3 is 5.97 Å². The van der Waals surface area contributed by atoms with Crippen LogP contribution in [0.25, 0.3) is 10.9 Å². The van der Waals surface area contributed by atoms with E-state index >= 15 is 0 Å². The van der Waals surface area contributed by atoms with Crippen molar-refractivity contribution in [2.24, 2.45) is 16.7 Å². The lowest BCUT2D eigenvalue weighted by molar-refractivity contribution is -0.144. The number of aliphatic carboxylic acids is 1. The number of nitrogens with zero attached hydrogens (tertiary/aromatic N) is 1. The van der Waals surface area contributed by atoms with Gasteiger partial charge in [0.05, 0.1) is 12.1 Å². The van der Waals surface area contributed by atoms with Crippen molar-refractivity contribution in [1.29, 1.82) is 0 Å². The first-order chi connectivity index (χ1) is 12.3. The molecule has 3 rings (SSSR count). The predicted molar refractivity (Wildman–Crippen MR) is 99.1 cm³/mol. The number of Topliss-reactive ketones (excluding diaryl/α,β-unsaturated/α-hetero) is 1. The van der Waals surface area contributed by atoms with Gasteiger partial charge in [0.2, 0.25) is 0 Å². The minimum Gasteiger partial charge on any atom is -0.481 e. The number of carbonyl (C=O) groups is 2. The van der Waals surface area contributed by atoms with Crippen LogP contribution in [0, 0.1) is 16.7 Å². The minimum absolute atomic E-state index is 0.0985. The standard InChI is InChI=1S/C21H26FNO3/c1-20(2)18(21(20,3)19(25)26)17(24)15-13-23(12-8-4-7-11-22)16-10-6-5-9-14(15)16/h5-6,9-10,13,18H,4,7-8,11-12H2,1-3H3,(H,25,26). The van der Waals surface area contributed by atoms with Crippen molar-refractivity contribution in [3.05, 3.63) is 36.0 Å². The Kier molecular flexibility index (Phi) is 4.67. The fourth-order valence-electron chi connectivity index (χ4n) is 4.31. The van der Waals surface area contributed by atoms with Gasteiger partial charge in [-0.15, -0.1) is 0 Å². The fraction of sp³-hybridized carbons (Fsp3) is 0.524. The Morgan fingerprint density at radius 1 is 1.15 bits per heavy atom. The van der Waals surface area contributed by atoms with Crippen LogP contribution < -0.4 is 0 Å². The molecule has 0 aliphatic heterocycles. The Morgan fingerprint density at radius 2 is 1.85 bits per heavy atom. The van der Waals surface area contributed by atoms with Gasteiger partial charge in [0, 0.05) is 35.1 Å². The van der Waals surface area contributed by atoms with Gasteiger partial charge in [-0.2, -0.15) is 0 Å². The van der Waals surface area contributed by atoms with E-state index in [0.717, 1.165) is 30.3 Å². The average Bonchev–Trinajstić information content (AvgIpc) is 2.90. The molecule has 1 fully saturated rings. The first-order valence-corrected chi connectivity index (χ1v) is 9.18. The second kappa shape index (κ2) is 6.53. The van der Waals surface area contributed by atoms with Gasteiger partial charge in [0.25, 0.3) is 0 Å². The van der Waals surface area contributed by atoms with E-state index in [9.17, 15) is 19.1 Å². The third-order valence-electron chi connectivity index (χ3n) is 6.35. The molecule has 0 spiro atoms. The highest BCUT2D eigenvalue weighted by molar-refractivity contribution is 6.13.